The average molecular weight is 218 g/mol. The molecule has 0 unspecified atom stereocenters. The van der Waals surface area contributed by atoms with Crippen molar-refractivity contribution >= 4 is 16.9 Å². The molecule has 1 heterocycles. The third-order valence-electron chi connectivity index (χ3n) is 2.75. The standard InChI is InChI=1S/C12H14N2O2/c1-13-7-10-5-8-3-4-9(12(15)16)6-11(8)14(10)2/h3-6,13H,7H2,1-2H3,(H,15,16). The Bertz CT molecular complexity index is 543. The maximum absolute atomic E-state index is 10.9. The van der Waals surface area contributed by atoms with Gasteiger partial charge in [-0.05, 0) is 30.6 Å². The summed E-state index contributed by atoms with van der Waals surface area (Å²) >= 11 is 0. The number of carbonyl (C=O) groups is 1. The molecule has 0 fully saturated rings. The Morgan fingerprint density at radius 2 is 2.19 bits per heavy atom. The first-order valence-corrected chi connectivity index (χ1v) is 5.09. The van der Waals surface area contributed by atoms with Gasteiger partial charge < -0.3 is 15.0 Å². The van der Waals surface area contributed by atoms with Gasteiger partial charge in [0.1, 0.15) is 0 Å². The minimum absolute atomic E-state index is 0.324. The number of carboxylic acid groups (broad SMARTS) is 1. The second-order valence-corrected chi connectivity index (χ2v) is 3.80. The Morgan fingerprint density at radius 1 is 1.44 bits per heavy atom. The van der Waals surface area contributed by atoms with Gasteiger partial charge >= 0.3 is 5.97 Å². The van der Waals surface area contributed by atoms with Gasteiger partial charge in [-0.25, -0.2) is 4.79 Å². The summed E-state index contributed by atoms with van der Waals surface area (Å²) in [5, 5.41) is 13.1. The fraction of sp³-hybridized carbons (Fsp3) is 0.250. The predicted molar refractivity (Wildman–Crippen MR) is 62.6 cm³/mol. The molecule has 0 spiro atoms. The molecule has 1 aromatic heterocycles. The molecule has 0 aliphatic heterocycles. The summed E-state index contributed by atoms with van der Waals surface area (Å²) in [6, 6.07) is 7.25. The van der Waals surface area contributed by atoms with Crippen LogP contribution in [-0.4, -0.2) is 22.7 Å². The van der Waals surface area contributed by atoms with Crippen LogP contribution in [-0.2, 0) is 13.6 Å². The van der Waals surface area contributed by atoms with Crippen LogP contribution in [0.25, 0.3) is 10.9 Å². The average Bonchev–Trinajstić information content (AvgIpc) is 2.56. The van der Waals surface area contributed by atoms with Crippen LogP contribution in [0.2, 0.25) is 0 Å². The van der Waals surface area contributed by atoms with Crippen molar-refractivity contribution in [2.24, 2.45) is 7.05 Å². The van der Waals surface area contributed by atoms with Crippen molar-refractivity contribution in [3.05, 3.63) is 35.5 Å². The van der Waals surface area contributed by atoms with E-state index < -0.39 is 5.97 Å². The monoisotopic (exact) mass is 218 g/mol. The van der Waals surface area contributed by atoms with Crippen LogP contribution in [0.1, 0.15) is 16.1 Å². The Labute approximate surface area is 93.5 Å². The topological polar surface area (TPSA) is 54.3 Å². The number of aromatic nitrogens is 1. The molecular formula is C12H14N2O2. The Balaban J connectivity index is 2.59. The van der Waals surface area contributed by atoms with Crippen molar-refractivity contribution < 1.29 is 9.90 Å². The summed E-state index contributed by atoms with van der Waals surface area (Å²) < 4.78 is 2.01. The molecule has 0 saturated heterocycles. The molecule has 0 amide bonds. The fourth-order valence-electron chi connectivity index (χ4n) is 1.87. The lowest BCUT2D eigenvalue weighted by Crippen LogP contribution is -2.08. The highest BCUT2D eigenvalue weighted by Crippen LogP contribution is 2.20. The Hall–Kier alpha value is -1.81. The summed E-state index contributed by atoms with van der Waals surface area (Å²) in [5.41, 5.74) is 2.41. The lowest BCUT2D eigenvalue weighted by Gasteiger charge is -2.03. The van der Waals surface area contributed by atoms with Gasteiger partial charge in [0.15, 0.2) is 0 Å². The van der Waals surface area contributed by atoms with E-state index in [1.807, 2.05) is 24.7 Å². The SMILES string of the molecule is CNCc1cc2ccc(C(=O)O)cc2n1C. The molecule has 2 N–H and O–H groups in total. The number of nitrogens with zero attached hydrogens (tertiary/aromatic N) is 1. The molecule has 84 valence electrons. The third-order valence-corrected chi connectivity index (χ3v) is 2.75. The van der Waals surface area contributed by atoms with E-state index >= 15 is 0 Å². The van der Waals surface area contributed by atoms with E-state index in [4.69, 9.17) is 5.11 Å². The van der Waals surface area contributed by atoms with Gasteiger partial charge in [-0.2, -0.15) is 0 Å². The van der Waals surface area contributed by atoms with Crippen molar-refractivity contribution in [3.63, 3.8) is 0 Å². The minimum Gasteiger partial charge on any atom is -0.478 e. The highest BCUT2D eigenvalue weighted by Gasteiger charge is 2.08. The zero-order valence-corrected chi connectivity index (χ0v) is 9.32. The largest absolute Gasteiger partial charge is 0.478 e. The number of aryl methyl sites for hydroxylation is 1. The fourth-order valence-corrected chi connectivity index (χ4v) is 1.87. The van der Waals surface area contributed by atoms with E-state index in [9.17, 15) is 4.79 Å². The van der Waals surface area contributed by atoms with E-state index in [0.29, 0.717) is 5.56 Å². The molecule has 16 heavy (non-hydrogen) atoms. The van der Waals surface area contributed by atoms with E-state index in [2.05, 4.69) is 11.4 Å². The van der Waals surface area contributed by atoms with Crippen LogP contribution in [0, 0.1) is 0 Å². The first-order valence-electron chi connectivity index (χ1n) is 5.09. The molecule has 0 atom stereocenters. The van der Waals surface area contributed by atoms with E-state index in [1.165, 1.54) is 0 Å². The van der Waals surface area contributed by atoms with Crippen molar-refractivity contribution in [2.45, 2.75) is 6.54 Å². The molecular weight excluding hydrogens is 204 g/mol. The summed E-state index contributed by atoms with van der Waals surface area (Å²) in [5.74, 6) is -0.890. The number of aromatic carboxylic acids is 1. The predicted octanol–water partition coefficient (Wildman–Crippen LogP) is 1.60. The van der Waals surface area contributed by atoms with Gasteiger partial charge in [0, 0.05) is 24.8 Å². The maximum atomic E-state index is 10.9. The first-order chi connectivity index (χ1) is 7.63. The number of rotatable bonds is 3. The number of hydrogen-bond donors (Lipinski definition) is 2. The molecule has 0 radical (unpaired) electrons. The second kappa shape index (κ2) is 3.98. The van der Waals surface area contributed by atoms with Crippen molar-refractivity contribution in [1.82, 2.24) is 9.88 Å². The zero-order valence-electron chi connectivity index (χ0n) is 9.32. The van der Waals surface area contributed by atoms with Crippen LogP contribution in [0.15, 0.2) is 24.3 Å². The summed E-state index contributed by atoms with van der Waals surface area (Å²) in [7, 11) is 3.83. The van der Waals surface area contributed by atoms with E-state index in [0.717, 1.165) is 23.1 Å². The van der Waals surface area contributed by atoms with Crippen molar-refractivity contribution in [1.29, 1.82) is 0 Å². The van der Waals surface area contributed by atoms with Crippen molar-refractivity contribution in [2.75, 3.05) is 7.05 Å². The van der Waals surface area contributed by atoms with Gasteiger partial charge in [-0.1, -0.05) is 6.07 Å². The maximum Gasteiger partial charge on any atom is 0.335 e. The molecule has 2 aromatic rings. The second-order valence-electron chi connectivity index (χ2n) is 3.80. The van der Waals surface area contributed by atoms with Crippen LogP contribution in [0.3, 0.4) is 0 Å². The molecule has 0 aliphatic carbocycles. The third kappa shape index (κ3) is 1.67. The number of fused-ring (bicyclic) bond motifs is 1. The smallest absolute Gasteiger partial charge is 0.335 e. The van der Waals surface area contributed by atoms with Crippen LogP contribution in [0.4, 0.5) is 0 Å². The van der Waals surface area contributed by atoms with Gasteiger partial charge in [-0.3, -0.25) is 0 Å². The van der Waals surface area contributed by atoms with Gasteiger partial charge in [0.2, 0.25) is 0 Å². The molecule has 0 bridgehead atoms. The molecule has 0 aliphatic rings. The lowest BCUT2D eigenvalue weighted by atomic mass is 10.1. The first kappa shape index (κ1) is 10.7. The van der Waals surface area contributed by atoms with Crippen LogP contribution < -0.4 is 5.32 Å². The number of carboxylic acids is 1. The van der Waals surface area contributed by atoms with E-state index in [1.54, 1.807) is 12.1 Å². The summed E-state index contributed by atoms with van der Waals surface area (Å²) in [6.07, 6.45) is 0. The highest BCUT2D eigenvalue weighted by atomic mass is 16.4. The van der Waals surface area contributed by atoms with Crippen molar-refractivity contribution in [3.8, 4) is 0 Å². The normalized spacial score (nSPS) is 10.9. The van der Waals surface area contributed by atoms with Crippen LogP contribution in [0.5, 0.6) is 0 Å². The summed E-state index contributed by atoms with van der Waals surface area (Å²) in [6.45, 7) is 0.771. The molecule has 2 rings (SSSR count). The molecule has 4 nitrogen and oxygen atoms in total. The van der Waals surface area contributed by atoms with Gasteiger partial charge in [0.25, 0.3) is 0 Å². The minimum atomic E-state index is -0.890. The lowest BCUT2D eigenvalue weighted by molar-refractivity contribution is 0.0697. The number of hydrogen-bond acceptors (Lipinski definition) is 2. The van der Waals surface area contributed by atoms with E-state index in [-0.39, 0.29) is 0 Å². The van der Waals surface area contributed by atoms with Gasteiger partial charge in [-0.15, -0.1) is 0 Å². The van der Waals surface area contributed by atoms with Gasteiger partial charge in [0.05, 0.1) is 5.56 Å². The molecule has 0 saturated carbocycles. The highest BCUT2D eigenvalue weighted by molar-refractivity contribution is 5.93. The quantitative estimate of drug-likeness (QED) is 0.822. The number of benzene rings is 1. The van der Waals surface area contributed by atoms with Crippen LogP contribution >= 0.6 is 0 Å². The Morgan fingerprint density at radius 3 is 2.81 bits per heavy atom. The number of nitrogens with one attached hydrogen (secondary N) is 1. The summed E-state index contributed by atoms with van der Waals surface area (Å²) in [4.78, 5) is 10.9. The molecule has 4 heteroatoms. The Kier molecular flexibility index (Phi) is 2.66. The zero-order chi connectivity index (χ0) is 11.7. The molecule has 1 aromatic carbocycles.